The lowest BCUT2D eigenvalue weighted by Gasteiger charge is -2.13. The lowest BCUT2D eigenvalue weighted by Crippen LogP contribution is -2.33. The van der Waals surface area contributed by atoms with E-state index >= 15 is 0 Å². The number of hydrogen-bond acceptors (Lipinski definition) is 5. The quantitative estimate of drug-likeness (QED) is 0.533. The summed E-state index contributed by atoms with van der Waals surface area (Å²) in [4.78, 5) is 12.1. The summed E-state index contributed by atoms with van der Waals surface area (Å²) >= 11 is 6.80. The number of amides is 1. The number of halogens is 2. The molecule has 0 saturated heterocycles. The maximum Gasteiger partial charge on any atom is 0.280 e. The molecule has 1 amide bonds. The number of para-hydroxylation sites is 1. The normalized spacial score (nSPS) is 13.7. The minimum atomic E-state index is -0.698. The van der Waals surface area contributed by atoms with Crippen molar-refractivity contribution in [3.05, 3.63) is 50.9 Å². The van der Waals surface area contributed by atoms with Crippen molar-refractivity contribution in [1.82, 2.24) is 5.43 Å². The Hall–Kier alpha value is -2.06. The molecule has 1 heterocycles. The number of carbonyl (C=O) groups is 1. The topological polar surface area (TPSA) is 69.2 Å². The summed E-state index contributed by atoms with van der Waals surface area (Å²) in [5.74, 6) is 1.54. The average molecular weight is 470 g/mol. The Morgan fingerprint density at radius 1 is 1.24 bits per heavy atom. The van der Waals surface area contributed by atoms with Crippen LogP contribution in [0.3, 0.4) is 0 Å². The molecule has 0 radical (unpaired) electrons. The predicted molar refractivity (Wildman–Crippen MR) is 100 cm³/mol. The summed E-state index contributed by atoms with van der Waals surface area (Å²) in [7, 11) is 0. The highest BCUT2D eigenvalue weighted by molar-refractivity contribution is 9.10. The molecule has 130 valence electrons. The molecule has 0 saturated carbocycles. The zero-order valence-electron chi connectivity index (χ0n) is 13.2. The highest BCUT2D eigenvalue weighted by atomic mass is 79.9. The molecule has 1 atom stereocenters. The molecule has 1 N–H and O–H groups in total. The highest BCUT2D eigenvalue weighted by Crippen LogP contribution is 2.36. The van der Waals surface area contributed by atoms with Crippen molar-refractivity contribution >= 4 is 44.0 Å². The van der Waals surface area contributed by atoms with Gasteiger partial charge in [-0.1, -0.05) is 12.1 Å². The summed E-state index contributed by atoms with van der Waals surface area (Å²) in [6, 6.07) is 10.9. The van der Waals surface area contributed by atoms with Crippen LogP contribution in [0.25, 0.3) is 0 Å². The predicted octanol–water partition coefficient (Wildman–Crippen LogP) is 3.86. The van der Waals surface area contributed by atoms with Gasteiger partial charge in [0.25, 0.3) is 5.91 Å². The van der Waals surface area contributed by atoms with Crippen molar-refractivity contribution in [3.8, 4) is 17.2 Å². The van der Waals surface area contributed by atoms with E-state index in [0.29, 0.717) is 17.2 Å². The van der Waals surface area contributed by atoms with Crippen LogP contribution in [-0.2, 0) is 4.79 Å². The molecule has 1 aliphatic rings. The SMILES string of the molecule is CC(Oc1ccccc1Br)C(=O)N/N=C/c1cc2c(cc1Br)OCO2. The summed E-state index contributed by atoms with van der Waals surface area (Å²) in [6.07, 6.45) is 0.825. The van der Waals surface area contributed by atoms with Gasteiger partial charge in [0.05, 0.1) is 10.7 Å². The van der Waals surface area contributed by atoms with Crippen molar-refractivity contribution in [1.29, 1.82) is 0 Å². The fraction of sp³-hybridized carbons (Fsp3) is 0.176. The Labute approximate surface area is 161 Å². The van der Waals surface area contributed by atoms with Gasteiger partial charge in [0.1, 0.15) is 5.75 Å². The van der Waals surface area contributed by atoms with Gasteiger partial charge in [0.2, 0.25) is 6.79 Å². The van der Waals surface area contributed by atoms with E-state index in [0.717, 1.165) is 14.5 Å². The molecule has 0 spiro atoms. The van der Waals surface area contributed by atoms with E-state index in [4.69, 9.17) is 14.2 Å². The lowest BCUT2D eigenvalue weighted by atomic mass is 10.2. The zero-order valence-corrected chi connectivity index (χ0v) is 16.3. The number of ether oxygens (including phenoxy) is 3. The van der Waals surface area contributed by atoms with Crippen molar-refractivity contribution in [3.63, 3.8) is 0 Å². The van der Waals surface area contributed by atoms with Crippen LogP contribution in [0.1, 0.15) is 12.5 Å². The number of hydrazone groups is 1. The zero-order chi connectivity index (χ0) is 17.8. The number of rotatable bonds is 5. The van der Waals surface area contributed by atoms with E-state index in [9.17, 15) is 4.79 Å². The number of fused-ring (bicyclic) bond motifs is 1. The first-order chi connectivity index (χ1) is 12.0. The summed E-state index contributed by atoms with van der Waals surface area (Å²) in [6.45, 7) is 1.85. The second-order valence-corrected chi connectivity index (χ2v) is 6.86. The van der Waals surface area contributed by atoms with Gasteiger partial charge in [-0.25, -0.2) is 5.43 Å². The van der Waals surface area contributed by atoms with Gasteiger partial charge in [-0.3, -0.25) is 4.79 Å². The van der Waals surface area contributed by atoms with Crippen LogP contribution in [-0.4, -0.2) is 25.0 Å². The monoisotopic (exact) mass is 468 g/mol. The summed E-state index contributed by atoms with van der Waals surface area (Å²) in [5.41, 5.74) is 3.22. The molecule has 0 fully saturated rings. The lowest BCUT2D eigenvalue weighted by molar-refractivity contribution is -0.127. The van der Waals surface area contributed by atoms with Gasteiger partial charge in [-0.15, -0.1) is 0 Å². The number of carbonyl (C=O) groups excluding carboxylic acids is 1. The Bertz CT molecular complexity index is 826. The van der Waals surface area contributed by atoms with E-state index < -0.39 is 6.10 Å². The molecule has 2 aromatic rings. The third kappa shape index (κ3) is 4.32. The molecule has 2 aromatic carbocycles. The van der Waals surface area contributed by atoms with Crippen LogP contribution in [0.4, 0.5) is 0 Å². The summed E-state index contributed by atoms with van der Waals surface area (Å²) in [5, 5.41) is 3.97. The third-order valence-electron chi connectivity index (χ3n) is 3.38. The number of nitrogens with zero attached hydrogens (tertiary/aromatic N) is 1. The summed E-state index contributed by atoms with van der Waals surface area (Å²) < 4.78 is 17.8. The van der Waals surface area contributed by atoms with Crippen molar-refractivity contribution in [2.75, 3.05) is 6.79 Å². The molecule has 6 nitrogen and oxygen atoms in total. The van der Waals surface area contributed by atoms with Crippen molar-refractivity contribution < 1.29 is 19.0 Å². The van der Waals surface area contributed by atoms with E-state index in [2.05, 4.69) is 42.4 Å². The van der Waals surface area contributed by atoms with E-state index in [1.165, 1.54) is 6.21 Å². The molecule has 1 unspecified atom stereocenters. The van der Waals surface area contributed by atoms with Crippen LogP contribution in [0.2, 0.25) is 0 Å². The molecule has 0 aromatic heterocycles. The molecule has 3 rings (SSSR count). The van der Waals surface area contributed by atoms with Gasteiger partial charge in [-0.2, -0.15) is 5.10 Å². The van der Waals surface area contributed by atoms with Gasteiger partial charge in [0.15, 0.2) is 17.6 Å². The molecule has 0 aliphatic carbocycles. The second kappa shape index (κ2) is 7.88. The van der Waals surface area contributed by atoms with Crippen molar-refractivity contribution in [2.24, 2.45) is 5.10 Å². The maximum atomic E-state index is 12.1. The van der Waals surface area contributed by atoms with Crippen LogP contribution in [0.15, 0.2) is 50.4 Å². The van der Waals surface area contributed by atoms with Crippen LogP contribution in [0.5, 0.6) is 17.2 Å². The van der Waals surface area contributed by atoms with Crippen LogP contribution < -0.4 is 19.6 Å². The number of benzene rings is 2. The Balaban J connectivity index is 1.60. The van der Waals surface area contributed by atoms with Gasteiger partial charge in [0, 0.05) is 10.0 Å². The van der Waals surface area contributed by atoms with Gasteiger partial charge < -0.3 is 14.2 Å². The Morgan fingerprint density at radius 2 is 1.96 bits per heavy atom. The molecule has 25 heavy (non-hydrogen) atoms. The van der Waals surface area contributed by atoms with Crippen molar-refractivity contribution in [2.45, 2.75) is 13.0 Å². The fourth-order valence-corrected chi connectivity index (χ4v) is 2.88. The molecule has 0 bridgehead atoms. The van der Waals surface area contributed by atoms with Crippen LogP contribution in [0, 0.1) is 0 Å². The molecular weight excluding hydrogens is 456 g/mol. The minimum Gasteiger partial charge on any atom is -0.480 e. The van der Waals surface area contributed by atoms with Gasteiger partial charge >= 0.3 is 0 Å². The average Bonchev–Trinajstić information content (AvgIpc) is 3.04. The Morgan fingerprint density at radius 3 is 2.72 bits per heavy atom. The third-order valence-corrected chi connectivity index (χ3v) is 4.72. The van der Waals surface area contributed by atoms with Gasteiger partial charge in [-0.05, 0) is 63.0 Å². The molecule has 1 aliphatic heterocycles. The second-order valence-electron chi connectivity index (χ2n) is 5.15. The Kier molecular flexibility index (Phi) is 5.60. The fourth-order valence-electron chi connectivity index (χ4n) is 2.07. The molecular formula is C17H14Br2N2O4. The smallest absolute Gasteiger partial charge is 0.280 e. The highest BCUT2D eigenvalue weighted by Gasteiger charge is 2.17. The maximum absolute atomic E-state index is 12.1. The first kappa shape index (κ1) is 17.8. The van der Waals surface area contributed by atoms with E-state index in [-0.39, 0.29) is 12.7 Å². The largest absolute Gasteiger partial charge is 0.480 e. The number of hydrogen-bond donors (Lipinski definition) is 1. The molecule has 8 heteroatoms. The first-order valence-electron chi connectivity index (χ1n) is 7.38. The van der Waals surface area contributed by atoms with E-state index in [1.54, 1.807) is 25.1 Å². The first-order valence-corrected chi connectivity index (χ1v) is 8.96. The van der Waals surface area contributed by atoms with E-state index in [1.807, 2.05) is 18.2 Å². The number of nitrogens with one attached hydrogen (secondary N) is 1. The standard InChI is InChI=1S/C17H14Br2N2O4/c1-10(25-14-5-3-2-4-12(14)18)17(22)21-20-8-11-6-15-16(7-13(11)19)24-9-23-15/h2-8,10H,9H2,1H3,(H,21,22)/b20-8+. The van der Waals surface area contributed by atoms with Crippen LogP contribution >= 0.6 is 31.9 Å². The minimum absolute atomic E-state index is 0.197.